The van der Waals surface area contributed by atoms with E-state index in [0.29, 0.717) is 17.3 Å². The van der Waals surface area contributed by atoms with E-state index in [0.717, 1.165) is 21.3 Å². The van der Waals surface area contributed by atoms with Crippen molar-refractivity contribution in [1.82, 2.24) is 0 Å². The summed E-state index contributed by atoms with van der Waals surface area (Å²) in [7, 11) is 0. The molecule has 2 nitrogen and oxygen atoms in total. The highest BCUT2D eigenvalue weighted by Crippen LogP contribution is 2.24. The average molecular weight is 327 g/mol. The number of phenols is 1. The van der Waals surface area contributed by atoms with E-state index in [9.17, 15) is 5.11 Å². The van der Waals surface area contributed by atoms with E-state index in [1.807, 2.05) is 37.3 Å². The Balaban J connectivity index is 2.11. The number of rotatable bonds is 3. The molecule has 2 N–H and O–H groups in total. The summed E-state index contributed by atoms with van der Waals surface area (Å²) < 4.78 is 1.01. The fraction of sp³-hybridized carbons (Fsp3) is 0.143. The monoisotopic (exact) mass is 325 g/mol. The van der Waals surface area contributed by atoms with Gasteiger partial charge >= 0.3 is 0 Å². The smallest absolute Gasteiger partial charge is 0.120 e. The molecule has 0 saturated carbocycles. The van der Waals surface area contributed by atoms with Crippen LogP contribution in [0.4, 0.5) is 5.69 Å². The van der Waals surface area contributed by atoms with Crippen LogP contribution in [-0.2, 0) is 6.54 Å². The quantitative estimate of drug-likeness (QED) is 0.854. The zero-order valence-electron chi connectivity index (χ0n) is 9.87. The minimum atomic E-state index is 0.296. The summed E-state index contributed by atoms with van der Waals surface area (Å²) in [6, 6.07) is 11.2. The lowest BCUT2D eigenvalue weighted by molar-refractivity contribution is 0.471. The first-order valence-electron chi connectivity index (χ1n) is 5.53. The maximum Gasteiger partial charge on any atom is 0.120 e. The van der Waals surface area contributed by atoms with Gasteiger partial charge in [-0.05, 0) is 42.3 Å². The van der Waals surface area contributed by atoms with Gasteiger partial charge in [-0.15, -0.1) is 0 Å². The molecule has 0 aliphatic carbocycles. The van der Waals surface area contributed by atoms with Crippen molar-refractivity contribution in [3.8, 4) is 5.75 Å². The lowest BCUT2D eigenvalue weighted by Gasteiger charge is -2.10. The average Bonchev–Trinajstić information content (AvgIpc) is 2.34. The lowest BCUT2D eigenvalue weighted by Crippen LogP contribution is -2.00. The van der Waals surface area contributed by atoms with Gasteiger partial charge in [-0.25, -0.2) is 0 Å². The highest BCUT2D eigenvalue weighted by atomic mass is 79.9. The van der Waals surface area contributed by atoms with E-state index in [4.69, 9.17) is 11.6 Å². The summed E-state index contributed by atoms with van der Waals surface area (Å²) >= 11 is 9.44. The highest BCUT2D eigenvalue weighted by Gasteiger charge is 2.02. The normalized spacial score (nSPS) is 10.4. The summed E-state index contributed by atoms with van der Waals surface area (Å²) in [4.78, 5) is 0. The molecule has 0 radical (unpaired) electrons. The van der Waals surface area contributed by atoms with Crippen LogP contribution in [0, 0.1) is 6.92 Å². The van der Waals surface area contributed by atoms with E-state index in [1.54, 1.807) is 6.07 Å². The van der Waals surface area contributed by atoms with Crippen molar-refractivity contribution in [2.24, 2.45) is 0 Å². The Morgan fingerprint density at radius 2 is 2.00 bits per heavy atom. The van der Waals surface area contributed by atoms with Crippen LogP contribution >= 0.6 is 27.5 Å². The Kier molecular flexibility index (Phi) is 4.15. The molecular weight excluding hydrogens is 314 g/mol. The molecule has 0 aromatic heterocycles. The molecule has 0 atom stereocenters. The Labute approximate surface area is 120 Å². The Bertz CT molecular complexity index is 572. The second-order valence-electron chi connectivity index (χ2n) is 4.09. The molecule has 0 heterocycles. The van der Waals surface area contributed by atoms with Gasteiger partial charge in [0.1, 0.15) is 5.75 Å². The van der Waals surface area contributed by atoms with Gasteiger partial charge in [0.25, 0.3) is 0 Å². The summed E-state index contributed by atoms with van der Waals surface area (Å²) in [5.41, 5.74) is 2.82. The largest absolute Gasteiger partial charge is 0.508 e. The Hall–Kier alpha value is -1.19. The van der Waals surface area contributed by atoms with Crippen molar-refractivity contribution < 1.29 is 5.11 Å². The second kappa shape index (κ2) is 5.63. The van der Waals surface area contributed by atoms with Crippen molar-refractivity contribution >= 4 is 33.2 Å². The molecule has 0 unspecified atom stereocenters. The first-order valence-corrected chi connectivity index (χ1v) is 6.71. The van der Waals surface area contributed by atoms with Crippen LogP contribution < -0.4 is 5.32 Å². The van der Waals surface area contributed by atoms with E-state index in [1.165, 1.54) is 0 Å². The van der Waals surface area contributed by atoms with E-state index < -0.39 is 0 Å². The topological polar surface area (TPSA) is 32.3 Å². The zero-order valence-corrected chi connectivity index (χ0v) is 12.2. The standard InChI is InChI=1S/C14H13BrClNO/c1-9-2-4-12(7-14(9)18)17-8-10-6-11(16)3-5-13(10)15/h2-7,17-18H,8H2,1H3. The molecule has 4 heteroatoms. The predicted molar refractivity (Wildman–Crippen MR) is 79.3 cm³/mol. The van der Waals surface area contributed by atoms with Crippen LogP contribution in [0.3, 0.4) is 0 Å². The molecule has 0 fully saturated rings. The first kappa shape index (κ1) is 13.2. The third-order valence-electron chi connectivity index (χ3n) is 2.70. The number of phenolic OH excluding ortho intramolecular Hbond substituents is 1. The van der Waals surface area contributed by atoms with Crippen molar-refractivity contribution in [3.05, 3.63) is 57.0 Å². The van der Waals surface area contributed by atoms with Crippen LogP contribution in [0.2, 0.25) is 5.02 Å². The molecule has 2 aromatic rings. The number of benzene rings is 2. The minimum absolute atomic E-state index is 0.296. The molecule has 94 valence electrons. The number of anilines is 1. The third-order valence-corrected chi connectivity index (χ3v) is 3.71. The van der Waals surface area contributed by atoms with Gasteiger partial charge in [0.15, 0.2) is 0 Å². The van der Waals surface area contributed by atoms with Crippen LogP contribution in [0.15, 0.2) is 40.9 Å². The first-order chi connectivity index (χ1) is 8.56. The van der Waals surface area contributed by atoms with Crippen LogP contribution in [-0.4, -0.2) is 5.11 Å². The SMILES string of the molecule is Cc1ccc(NCc2cc(Cl)ccc2Br)cc1O. The van der Waals surface area contributed by atoms with Crippen LogP contribution in [0.25, 0.3) is 0 Å². The molecule has 0 saturated heterocycles. The van der Waals surface area contributed by atoms with Gasteiger partial charge in [0.2, 0.25) is 0 Å². The summed E-state index contributed by atoms with van der Waals surface area (Å²) in [6.45, 7) is 2.51. The maximum absolute atomic E-state index is 9.63. The molecule has 0 aliphatic rings. The fourth-order valence-corrected chi connectivity index (χ4v) is 2.18. The van der Waals surface area contributed by atoms with E-state index in [2.05, 4.69) is 21.2 Å². The van der Waals surface area contributed by atoms with Gasteiger partial charge in [-0.2, -0.15) is 0 Å². The van der Waals surface area contributed by atoms with Crippen LogP contribution in [0.1, 0.15) is 11.1 Å². The maximum atomic E-state index is 9.63. The predicted octanol–water partition coefficient (Wildman–Crippen LogP) is 4.73. The minimum Gasteiger partial charge on any atom is -0.508 e. The fourth-order valence-electron chi connectivity index (χ4n) is 1.60. The van der Waals surface area contributed by atoms with Gasteiger partial charge in [-0.3, -0.25) is 0 Å². The molecule has 18 heavy (non-hydrogen) atoms. The van der Waals surface area contributed by atoms with Crippen molar-refractivity contribution in [2.75, 3.05) is 5.32 Å². The highest BCUT2D eigenvalue weighted by molar-refractivity contribution is 9.10. The van der Waals surface area contributed by atoms with Gasteiger partial charge in [-0.1, -0.05) is 33.6 Å². The molecule has 0 amide bonds. The third kappa shape index (κ3) is 3.18. The molecular formula is C14H13BrClNO. The number of hydrogen-bond donors (Lipinski definition) is 2. The molecule has 0 aliphatic heterocycles. The van der Waals surface area contributed by atoms with E-state index in [-0.39, 0.29) is 0 Å². The molecule has 0 spiro atoms. The molecule has 0 bridgehead atoms. The van der Waals surface area contributed by atoms with Crippen molar-refractivity contribution in [2.45, 2.75) is 13.5 Å². The number of halogens is 2. The Morgan fingerprint density at radius 1 is 1.22 bits per heavy atom. The second-order valence-corrected chi connectivity index (χ2v) is 5.38. The number of hydrogen-bond acceptors (Lipinski definition) is 2. The molecule has 2 aromatic carbocycles. The molecule has 2 rings (SSSR count). The number of aromatic hydroxyl groups is 1. The summed E-state index contributed by atoms with van der Waals surface area (Å²) in [6.07, 6.45) is 0. The van der Waals surface area contributed by atoms with E-state index >= 15 is 0 Å². The number of nitrogens with one attached hydrogen (secondary N) is 1. The summed E-state index contributed by atoms with van der Waals surface area (Å²) in [5.74, 6) is 0.296. The Morgan fingerprint density at radius 3 is 2.72 bits per heavy atom. The zero-order chi connectivity index (χ0) is 13.1. The van der Waals surface area contributed by atoms with Gasteiger partial charge in [0, 0.05) is 27.8 Å². The van der Waals surface area contributed by atoms with Gasteiger partial charge < -0.3 is 10.4 Å². The van der Waals surface area contributed by atoms with Crippen molar-refractivity contribution in [3.63, 3.8) is 0 Å². The number of aryl methyl sites for hydroxylation is 1. The van der Waals surface area contributed by atoms with Gasteiger partial charge in [0.05, 0.1) is 0 Å². The summed E-state index contributed by atoms with van der Waals surface area (Å²) in [5, 5.41) is 13.6. The van der Waals surface area contributed by atoms with Crippen LogP contribution in [0.5, 0.6) is 5.75 Å². The van der Waals surface area contributed by atoms with Crippen molar-refractivity contribution in [1.29, 1.82) is 0 Å². The lowest BCUT2D eigenvalue weighted by atomic mass is 10.2.